The summed E-state index contributed by atoms with van der Waals surface area (Å²) in [5.74, 6) is 0.614. The summed E-state index contributed by atoms with van der Waals surface area (Å²) in [7, 11) is 0. The number of halogens is 1. The quantitative estimate of drug-likeness (QED) is 0.811. The summed E-state index contributed by atoms with van der Waals surface area (Å²) in [5.41, 5.74) is -0.247. The van der Waals surface area contributed by atoms with Crippen LogP contribution in [-0.4, -0.2) is 29.5 Å². The van der Waals surface area contributed by atoms with E-state index in [1.807, 2.05) is 20.8 Å². The molecule has 1 fully saturated rings. The van der Waals surface area contributed by atoms with Gasteiger partial charge in [-0.1, -0.05) is 22.4 Å². The number of nitrogens with one attached hydrogen (secondary N) is 1. The maximum Gasteiger partial charge on any atom is 0.246 e. The van der Waals surface area contributed by atoms with Gasteiger partial charge in [-0.25, -0.2) is 0 Å². The normalized spacial score (nSPS) is 25.6. The Morgan fingerprint density at radius 2 is 2.12 bits per heavy atom. The minimum atomic E-state index is -0.247. The van der Waals surface area contributed by atoms with E-state index in [9.17, 15) is 4.79 Å². The Bertz CT molecular complexity index is 250. The SMILES string of the molecule is CC(C)(C)OCC(=O)NCC1CCCC(Br)C1. The highest BCUT2D eigenvalue weighted by Gasteiger charge is 2.20. The van der Waals surface area contributed by atoms with Gasteiger partial charge in [-0.3, -0.25) is 4.79 Å². The van der Waals surface area contributed by atoms with Crippen molar-refractivity contribution in [2.24, 2.45) is 5.92 Å². The first-order chi connectivity index (χ1) is 7.87. The highest BCUT2D eigenvalue weighted by molar-refractivity contribution is 9.09. The van der Waals surface area contributed by atoms with Gasteiger partial charge in [-0.2, -0.15) is 0 Å². The van der Waals surface area contributed by atoms with Gasteiger partial charge >= 0.3 is 0 Å². The maximum absolute atomic E-state index is 11.6. The van der Waals surface area contributed by atoms with Gasteiger partial charge in [0.2, 0.25) is 5.91 Å². The Morgan fingerprint density at radius 3 is 2.71 bits per heavy atom. The summed E-state index contributed by atoms with van der Waals surface area (Å²) in [6, 6.07) is 0. The molecule has 0 spiro atoms. The zero-order valence-corrected chi connectivity index (χ0v) is 12.7. The maximum atomic E-state index is 11.6. The fraction of sp³-hybridized carbons (Fsp3) is 0.923. The molecular formula is C13H24BrNO2. The third-order valence-electron chi connectivity index (χ3n) is 2.94. The topological polar surface area (TPSA) is 38.3 Å². The van der Waals surface area contributed by atoms with Crippen molar-refractivity contribution in [2.45, 2.75) is 56.9 Å². The molecule has 0 radical (unpaired) electrons. The summed E-state index contributed by atoms with van der Waals surface area (Å²) in [6.07, 6.45) is 4.91. The molecule has 1 N–H and O–H groups in total. The van der Waals surface area contributed by atoms with E-state index in [0.717, 1.165) is 6.54 Å². The average molecular weight is 306 g/mol. The van der Waals surface area contributed by atoms with E-state index in [2.05, 4.69) is 21.2 Å². The Morgan fingerprint density at radius 1 is 1.41 bits per heavy atom. The molecule has 1 aliphatic rings. The Kier molecular flexibility index (Phi) is 5.93. The van der Waals surface area contributed by atoms with E-state index in [4.69, 9.17) is 4.74 Å². The fourth-order valence-corrected chi connectivity index (χ4v) is 2.85. The van der Waals surface area contributed by atoms with Gasteiger partial charge in [-0.15, -0.1) is 0 Å². The lowest BCUT2D eigenvalue weighted by Gasteiger charge is -2.26. The lowest BCUT2D eigenvalue weighted by Crippen LogP contribution is -2.36. The van der Waals surface area contributed by atoms with Crippen molar-refractivity contribution in [1.29, 1.82) is 0 Å². The number of hydrogen-bond donors (Lipinski definition) is 1. The highest BCUT2D eigenvalue weighted by Crippen LogP contribution is 2.28. The molecule has 0 bridgehead atoms. The smallest absolute Gasteiger partial charge is 0.246 e. The number of ether oxygens (including phenoxy) is 1. The van der Waals surface area contributed by atoms with Gasteiger partial charge in [0.05, 0.1) is 5.60 Å². The second-order valence-corrected chi connectivity index (χ2v) is 7.13. The van der Waals surface area contributed by atoms with E-state index in [-0.39, 0.29) is 18.1 Å². The predicted molar refractivity (Wildman–Crippen MR) is 73.4 cm³/mol. The van der Waals surface area contributed by atoms with E-state index < -0.39 is 0 Å². The van der Waals surface area contributed by atoms with Gasteiger partial charge in [0, 0.05) is 11.4 Å². The molecule has 1 amide bonds. The largest absolute Gasteiger partial charge is 0.366 e. The van der Waals surface area contributed by atoms with Crippen molar-refractivity contribution in [3.05, 3.63) is 0 Å². The van der Waals surface area contributed by atoms with E-state index in [1.54, 1.807) is 0 Å². The second-order valence-electron chi connectivity index (χ2n) is 5.84. The summed E-state index contributed by atoms with van der Waals surface area (Å²) in [4.78, 5) is 12.2. The molecule has 0 aromatic carbocycles. The first kappa shape index (κ1) is 15.0. The molecule has 17 heavy (non-hydrogen) atoms. The monoisotopic (exact) mass is 305 g/mol. The molecule has 0 heterocycles. The van der Waals surface area contributed by atoms with Crippen molar-refractivity contribution in [3.8, 4) is 0 Å². The summed E-state index contributed by atoms with van der Waals surface area (Å²) in [5, 5.41) is 2.96. The zero-order valence-electron chi connectivity index (χ0n) is 11.1. The zero-order chi connectivity index (χ0) is 12.9. The van der Waals surface area contributed by atoms with Crippen molar-refractivity contribution in [1.82, 2.24) is 5.32 Å². The molecule has 4 heteroatoms. The number of hydrogen-bond acceptors (Lipinski definition) is 2. The van der Waals surface area contributed by atoms with Gasteiger partial charge in [0.1, 0.15) is 6.61 Å². The first-order valence-electron chi connectivity index (χ1n) is 6.41. The molecule has 100 valence electrons. The first-order valence-corrected chi connectivity index (χ1v) is 7.33. The van der Waals surface area contributed by atoms with Gasteiger partial charge in [0.15, 0.2) is 0 Å². The molecule has 2 unspecified atom stereocenters. The highest BCUT2D eigenvalue weighted by atomic mass is 79.9. The Balaban J connectivity index is 2.15. The lowest BCUT2D eigenvalue weighted by atomic mass is 9.89. The fourth-order valence-electron chi connectivity index (χ4n) is 2.00. The molecule has 0 aromatic rings. The van der Waals surface area contributed by atoms with Crippen LogP contribution in [0.3, 0.4) is 0 Å². The van der Waals surface area contributed by atoms with Crippen molar-refractivity contribution in [2.75, 3.05) is 13.2 Å². The molecule has 1 rings (SSSR count). The third kappa shape index (κ3) is 7.04. The predicted octanol–water partition coefficient (Wildman–Crippen LogP) is 2.87. The Labute approximate surface area is 113 Å². The van der Waals surface area contributed by atoms with Crippen LogP contribution in [0.1, 0.15) is 46.5 Å². The Hall–Kier alpha value is -0.0900. The summed E-state index contributed by atoms with van der Waals surface area (Å²) < 4.78 is 5.43. The van der Waals surface area contributed by atoms with E-state index in [1.165, 1.54) is 25.7 Å². The van der Waals surface area contributed by atoms with Crippen LogP contribution in [0.5, 0.6) is 0 Å². The second kappa shape index (κ2) is 6.74. The van der Waals surface area contributed by atoms with Crippen LogP contribution in [-0.2, 0) is 9.53 Å². The van der Waals surface area contributed by atoms with Crippen LogP contribution in [0.15, 0.2) is 0 Å². The van der Waals surface area contributed by atoms with Crippen molar-refractivity contribution in [3.63, 3.8) is 0 Å². The van der Waals surface area contributed by atoms with E-state index in [0.29, 0.717) is 10.7 Å². The molecule has 0 aliphatic heterocycles. The molecule has 2 atom stereocenters. The van der Waals surface area contributed by atoms with Crippen molar-refractivity contribution < 1.29 is 9.53 Å². The number of carbonyl (C=O) groups excluding carboxylic acids is 1. The van der Waals surface area contributed by atoms with Crippen LogP contribution >= 0.6 is 15.9 Å². The van der Waals surface area contributed by atoms with Gasteiger partial charge in [-0.05, 0) is 46.0 Å². The lowest BCUT2D eigenvalue weighted by molar-refractivity contribution is -0.130. The molecule has 0 saturated heterocycles. The third-order valence-corrected chi connectivity index (χ3v) is 3.77. The molecule has 1 aliphatic carbocycles. The molecule has 1 saturated carbocycles. The average Bonchev–Trinajstić information content (AvgIpc) is 2.23. The van der Waals surface area contributed by atoms with Gasteiger partial charge < -0.3 is 10.1 Å². The minimum Gasteiger partial charge on any atom is -0.366 e. The standard InChI is InChI=1S/C13H24BrNO2/c1-13(2,3)17-9-12(16)15-8-10-5-4-6-11(14)7-10/h10-11H,4-9H2,1-3H3,(H,15,16). The summed E-state index contributed by atoms with van der Waals surface area (Å²) >= 11 is 3.66. The molecular weight excluding hydrogens is 282 g/mol. The van der Waals surface area contributed by atoms with Crippen LogP contribution in [0.4, 0.5) is 0 Å². The van der Waals surface area contributed by atoms with Crippen LogP contribution in [0, 0.1) is 5.92 Å². The number of carbonyl (C=O) groups is 1. The van der Waals surface area contributed by atoms with Crippen LogP contribution in [0.25, 0.3) is 0 Å². The number of rotatable bonds is 4. The molecule has 0 aromatic heterocycles. The van der Waals surface area contributed by atoms with Crippen LogP contribution < -0.4 is 5.32 Å². The van der Waals surface area contributed by atoms with Crippen LogP contribution in [0.2, 0.25) is 0 Å². The van der Waals surface area contributed by atoms with Crippen molar-refractivity contribution >= 4 is 21.8 Å². The molecule has 3 nitrogen and oxygen atoms in total. The van der Waals surface area contributed by atoms with E-state index >= 15 is 0 Å². The number of amides is 1. The summed E-state index contributed by atoms with van der Waals surface area (Å²) in [6.45, 7) is 6.81. The number of alkyl halides is 1. The minimum absolute atomic E-state index is 0.00313. The van der Waals surface area contributed by atoms with Gasteiger partial charge in [0.25, 0.3) is 0 Å².